The molecule has 0 unspecified atom stereocenters. The van der Waals surface area contributed by atoms with Crippen molar-refractivity contribution >= 4 is 58.2 Å². The highest BCUT2D eigenvalue weighted by Crippen LogP contribution is 2.50. The molecule has 0 radical (unpaired) electrons. The lowest BCUT2D eigenvalue weighted by Crippen LogP contribution is -2.40. The first kappa shape index (κ1) is 23.0. The van der Waals surface area contributed by atoms with Crippen molar-refractivity contribution in [1.82, 2.24) is 5.32 Å². The summed E-state index contributed by atoms with van der Waals surface area (Å²) in [7, 11) is 1.29. The van der Waals surface area contributed by atoms with Gasteiger partial charge in [-0.25, -0.2) is 9.69 Å². The van der Waals surface area contributed by atoms with Gasteiger partial charge in [0.15, 0.2) is 11.5 Å². The van der Waals surface area contributed by atoms with Crippen LogP contribution in [0.3, 0.4) is 0 Å². The fourth-order valence-electron chi connectivity index (χ4n) is 2.89. The van der Waals surface area contributed by atoms with Gasteiger partial charge in [0, 0.05) is 12.3 Å². The van der Waals surface area contributed by atoms with E-state index < -0.39 is 34.6 Å². The molecule has 0 aromatic heterocycles. The number of hydrogen-bond acceptors (Lipinski definition) is 5. The van der Waals surface area contributed by atoms with E-state index in [0.717, 1.165) is 4.90 Å². The fraction of sp³-hybridized carbons (Fsp3) is 0.474. The summed E-state index contributed by atoms with van der Waals surface area (Å²) in [5, 5.41) is 4.74. The Bertz CT molecular complexity index is 935. The molecule has 8 nitrogen and oxygen atoms in total. The smallest absolute Gasteiger partial charge is 0.329 e. The molecule has 158 valence electrons. The standard InChI is InChI=1S/C19H23Cl2N3O5/c1-8(25)22-12-9(15(26)18(2,3)4)13(11(21)14(29-7)10(12)20)24-16(27)19(5,6)23-17(24)28/h1-7H3,(H,22,25)(H,23,28). The maximum absolute atomic E-state index is 13.3. The van der Waals surface area contributed by atoms with Gasteiger partial charge in [-0.15, -0.1) is 0 Å². The number of ketones is 1. The van der Waals surface area contributed by atoms with E-state index in [9.17, 15) is 19.2 Å². The number of imide groups is 1. The third kappa shape index (κ3) is 3.91. The first-order valence-electron chi connectivity index (χ1n) is 8.73. The van der Waals surface area contributed by atoms with E-state index in [-0.39, 0.29) is 32.7 Å². The Morgan fingerprint density at radius 2 is 1.69 bits per heavy atom. The second kappa shape index (κ2) is 7.50. The summed E-state index contributed by atoms with van der Waals surface area (Å²) in [4.78, 5) is 51.6. The Hall–Kier alpha value is -2.32. The maximum Gasteiger partial charge on any atom is 0.329 e. The minimum Gasteiger partial charge on any atom is -0.493 e. The monoisotopic (exact) mass is 443 g/mol. The van der Waals surface area contributed by atoms with E-state index >= 15 is 0 Å². The number of hydrogen-bond donors (Lipinski definition) is 2. The van der Waals surface area contributed by atoms with Gasteiger partial charge in [0.2, 0.25) is 5.91 Å². The molecule has 29 heavy (non-hydrogen) atoms. The average Bonchev–Trinajstić information content (AvgIpc) is 2.76. The van der Waals surface area contributed by atoms with Crippen LogP contribution < -0.4 is 20.3 Å². The van der Waals surface area contributed by atoms with Gasteiger partial charge in [-0.1, -0.05) is 44.0 Å². The molecule has 0 saturated carbocycles. The molecule has 10 heteroatoms. The Balaban J connectivity index is 3.02. The summed E-state index contributed by atoms with van der Waals surface area (Å²) in [6.45, 7) is 9.23. The van der Waals surface area contributed by atoms with Crippen LogP contribution in [0.2, 0.25) is 10.0 Å². The Morgan fingerprint density at radius 1 is 1.14 bits per heavy atom. The van der Waals surface area contributed by atoms with E-state index in [1.54, 1.807) is 20.8 Å². The van der Waals surface area contributed by atoms with Crippen molar-refractivity contribution in [3.05, 3.63) is 15.6 Å². The van der Waals surface area contributed by atoms with Crippen molar-refractivity contribution in [1.29, 1.82) is 0 Å². The predicted octanol–water partition coefficient (Wildman–Crippen LogP) is 4.02. The van der Waals surface area contributed by atoms with E-state index in [4.69, 9.17) is 27.9 Å². The number of carbonyl (C=O) groups excluding carboxylic acids is 4. The molecule has 4 amide bonds. The van der Waals surface area contributed by atoms with Crippen LogP contribution in [0.5, 0.6) is 5.75 Å². The van der Waals surface area contributed by atoms with Crippen molar-refractivity contribution in [2.45, 2.75) is 47.1 Å². The van der Waals surface area contributed by atoms with Gasteiger partial charge in [-0.3, -0.25) is 14.4 Å². The molecule has 2 N–H and O–H groups in total. The average molecular weight is 444 g/mol. The zero-order valence-corrected chi connectivity index (χ0v) is 18.8. The largest absolute Gasteiger partial charge is 0.493 e. The summed E-state index contributed by atoms with van der Waals surface area (Å²) < 4.78 is 5.24. The maximum atomic E-state index is 13.3. The minimum atomic E-state index is -1.22. The highest BCUT2D eigenvalue weighted by molar-refractivity contribution is 6.44. The topological polar surface area (TPSA) is 105 Å². The van der Waals surface area contributed by atoms with Gasteiger partial charge >= 0.3 is 6.03 Å². The zero-order valence-electron chi connectivity index (χ0n) is 17.2. The number of urea groups is 1. The van der Waals surface area contributed by atoms with Gasteiger partial charge in [0.25, 0.3) is 5.91 Å². The van der Waals surface area contributed by atoms with E-state index in [2.05, 4.69) is 10.6 Å². The fourth-order valence-corrected chi connectivity index (χ4v) is 3.60. The second-order valence-electron chi connectivity index (χ2n) is 8.22. The number of Topliss-reactive ketones (excluding diaryl/α,β-unsaturated/α-hetero) is 1. The van der Waals surface area contributed by atoms with Crippen molar-refractivity contribution in [2.24, 2.45) is 5.41 Å². The van der Waals surface area contributed by atoms with Crippen LogP contribution >= 0.6 is 23.2 Å². The van der Waals surface area contributed by atoms with Gasteiger partial charge in [0.05, 0.1) is 24.0 Å². The summed E-state index contributed by atoms with van der Waals surface area (Å²) in [5.41, 5.74) is -2.59. The lowest BCUT2D eigenvalue weighted by molar-refractivity contribution is -0.121. The van der Waals surface area contributed by atoms with Crippen LogP contribution in [0, 0.1) is 5.41 Å². The first-order valence-corrected chi connectivity index (χ1v) is 9.48. The van der Waals surface area contributed by atoms with Gasteiger partial charge in [-0.05, 0) is 13.8 Å². The van der Waals surface area contributed by atoms with E-state index in [1.807, 2.05) is 0 Å². The molecule has 1 aromatic rings. The Labute approximate surface area is 178 Å². The molecule has 1 heterocycles. The molecule has 0 atom stereocenters. The predicted molar refractivity (Wildman–Crippen MR) is 111 cm³/mol. The van der Waals surface area contributed by atoms with E-state index in [1.165, 1.54) is 27.9 Å². The third-order valence-electron chi connectivity index (χ3n) is 4.31. The number of anilines is 2. The number of nitrogens with one attached hydrogen (secondary N) is 2. The number of halogens is 2. The lowest BCUT2D eigenvalue weighted by atomic mass is 9.84. The highest BCUT2D eigenvalue weighted by Gasteiger charge is 2.48. The number of ether oxygens (including phenoxy) is 1. The highest BCUT2D eigenvalue weighted by atomic mass is 35.5. The number of benzene rings is 1. The Kier molecular flexibility index (Phi) is 5.94. The van der Waals surface area contributed by atoms with Crippen molar-refractivity contribution in [2.75, 3.05) is 17.3 Å². The summed E-state index contributed by atoms with van der Waals surface area (Å²) in [6, 6.07) is -0.761. The van der Waals surface area contributed by atoms with Crippen LogP contribution in [-0.4, -0.2) is 36.3 Å². The second-order valence-corrected chi connectivity index (χ2v) is 8.97. The van der Waals surface area contributed by atoms with Crippen LogP contribution in [-0.2, 0) is 9.59 Å². The number of methoxy groups -OCH3 is 1. The lowest BCUT2D eigenvalue weighted by Gasteiger charge is -2.27. The molecule has 1 saturated heterocycles. The van der Waals surface area contributed by atoms with Crippen molar-refractivity contribution in [3.63, 3.8) is 0 Å². The number of amides is 4. The van der Waals surface area contributed by atoms with Crippen molar-refractivity contribution < 1.29 is 23.9 Å². The van der Waals surface area contributed by atoms with Crippen LogP contribution in [0.1, 0.15) is 51.9 Å². The molecule has 1 aliphatic rings. The first-order chi connectivity index (χ1) is 13.1. The molecule has 1 aromatic carbocycles. The molecular formula is C19H23Cl2N3O5. The van der Waals surface area contributed by atoms with Crippen LogP contribution in [0.4, 0.5) is 16.2 Å². The summed E-state index contributed by atoms with van der Waals surface area (Å²) >= 11 is 12.9. The zero-order chi connectivity index (χ0) is 22.5. The molecule has 1 fully saturated rings. The van der Waals surface area contributed by atoms with E-state index in [0.29, 0.717) is 0 Å². The van der Waals surface area contributed by atoms with Gasteiger partial charge < -0.3 is 15.4 Å². The number of rotatable bonds is 4. The third-order valence-corrected chi connectivity index (χ3v) is 5.02. The number of nitrogens with zero attached hydrogens (tertiary/aromatic N) is 1. The molecule has 0 spiro atoms. The number of carbonyl (C=O) groups is 4. The van der Waals surface area contributed by atoms with Gasteiger partial charge in [-0.2, -0.15) is 0 Å². The quantitative estimate of drug-likeness (QED) is 0.539. The summed E-state index contributed by atoms with van der Waals surface area (Å²) in [6.07, 6.45) is 0. The molecule has 2 rings (SSSR count). The van der Waals surface area contributed by atoms with Crippen LogP contribution in [0.25, 0.3) is 0 Å². The summed E-state index contributed by atoms with van der Waals surface area (Å²) in [5.74, 6) is -1.69. The molecule has 0 bridgehead atoms. The Morgan fingerprint density at radius 3 is 2.07 bits per heavy atom. The minimum absolute atomic E-state index is 0.0807. The normalized spacial score (nSPS) is 16.0. The molecule has 0 aliphatic carbocycles. The van der Waals surface area contributed by atoms with Crippen molar-refractivity contribution in [3.8, 4) is 5.75 Å². The molecular weight excluding hydrogens is 421 g/mol. The molecule has 1 aliphatic heterocycles. The van der Waals surface area contributed by atoms with Gasteiger partial charge in [0.1, 0.15) is 15.6 Å². The van der Waals surface area contributed by atoms with Crippen LogP contribution in [0.15, 0.2) is 0 Å². The SMILES string of the molecule is COc1c(Cl)c(NC(C)=O)c(C(=O)C(C)(C)C)c(N2C(=O)NC(C)(C)C2=O)c1Cl.